The minimum atomic E-state index is -4.47. The number of para-hydroxylation sites is 1. The van der Waals surface area contributed by atoms with Crippen LogP contribution in [0.15, 0.2) is 48.5 Å². The molecule has 2 aromatic carbocycles. The molecule has 3 fully saturated rings. The van der Waals surface area contributed by atoms with Crippen molar-refractivity contribution in [2.45, 2.75) is 63.7 Å². The van der Waals surface area contributed by atoms with Crippen LogP contribution < -0.4 is 10.1 Å². The minimum Gasteiger partial charge on any atom is -0.492 e. The van der Waals surface area contributed by atoms with Crippen molar-refractivity contribution in [2.75, 3.05) is 38.1 Å². The number of ether oxygens (including phenoxy) is 1. The van der Waals surface area contributed by atoms with Gasteiger partial charge in [-0.15, -0.1) is 0 Å². The molecule has 1 saturated carbocycles. The smallest absolute Gasteiger partial charge is 0.416 e. The van der Waals surface area contributed by atoms with Crippen molar-refractivity contribution in [3.8, 4) is 5.75 Å². The van der Waals surface area contributed by atoms with Gasteiger partial charge in [0.15, 0.2) is 0 Å². The number of piperazine rings is 1. The fraction of sp³-hybridized carbons (Fsp3) is 0.516. The largest absolute Gasteiger partial charge is 0.492 e. The fourth-order valence-electron chi connectivity index (χ4n) is 6.80. The summed E-state index contributed by atoms with van der Waals surface area (Å²) in [6, 6.07) is 14.5. The molecule has 2 saturated heterocycles. The highest BCUT2D eigenvalue weighted by atomic mass is 19.4. The zero-order chi connectivity index (χ0) is 27.0. The highest BCUT2D eigenvalue weighted by Gasteiger charge is 2.43. The first-order valence-electron chi connectivity index (χ1n) is 14.3. The molecule has 1 N–H and O–H groups in total. The molecule has 0 unspecified atom stereocenters. The van der Waals surface area contributed by atoms with Crippen molar-refractivity contribution in [2.24, 2.45) is 5.92 Å². The first-order chi connectivity index (χ1) is 18.8. The van der Waals surface area contributed by atoms with Gasteiger partial charge in [0.05, 0.1) is 11.1 Å². The van der Waals surface area contributed by atoms with Gasteiger partial charge in [-0.2, -0.15) is 13.2 Å². The van der Waals surface area contributed by atoms with Gasteiger partial charge in [0, 0.05) is 66.8 Å². The summed E-state index contributed by atoms with van der Waals surface area (Å²) < 4.78 is 47.3. The van der Waals surface area contributed by atoms with Crippen LogP contribution in [0.25, 0.3) is 10.9 Å². The molecule has 0 spiro atoms. The second-order valence-electron chi connectivity index (χ2n) is 11.5. The van der Waals surface area contributed by atoms with E-state index in [1.54, 1.807) is 6.07 Å². The molecule has 1 aliphatic carbocycles. The number of hydrogen-bond acceptors (Lipinski definition) is 5. The summed E-state index contributed by atoms with van der Waals surface area (Å²) in [5, 5.41) is 4.05. The number of nitrogens with one attached hydrogen (secondary N) is 1. The Hall–Kier alpha value is -2.84. The molecule has 0 amide bonds. The summed E-state index contributed by atoms with van der Waals surface area (Å²) in [5.74, 6) is 1.08. The van der Waals surface area contributed by atoms with Crippen LogP contribution in [0.1, 0.15) is 49.8 Å². The van der Waals surface area contributed by atoms with Crippen LogP contribution in [0.4, 0.5) is 24.5 Å². The fourth-order valence-corrected chi connectivity index (χ4v) is 6.80. The Balaban J connectivity index is 1.10. The van der Waals surface area contributed by atoms with Crippen molar-refractivity contribution in [1.82, 2.24) is 14.8 Å². The highest BCUT2D eigenvalue weighted by Crippen LogP contribution is 2.37. The van der Waals surface area contributed by atoms with Gasteiger partial charge in [-0.05, 0) is 56.4 Å². The Labute approximate surface area is 228 Å². The number of hydrogen-bond donors (Lipinski definition) is 1. The highest BCUT2D eigenvalue weighted by molar-refractivity contribution is 5.93. The Kier molecular flexibility index (Phi) is 7.42. The normalized spacial score (nSPS) is 22.6. The number of aryl methyl sites for hydroxylation is 1. The molecule has 3 aromatic rings. The number of aromatic nitrogens is 1. The van der Waals surface area contributed by atoms with Crippen LogP contribution in [0.3, 0.4) is 0 Å². The first kappa shape index (κ1) is 26.4. The van der Waals surface area contributed by atoms with Crippen molar-refractivity contribution in [3.05, 3.63) is 59.8 Å². The van der Waals surface area contributed by atoms with Crippen LogP contribution in [0, 0.1) is 12.8 Å². The Morgan fingerprint density at radius 1 is 0.974 bits per heavy atom. The van der Waals surface area contributed by atoms with Gasteiger partial charge < -0.3 is 10.1 Å². The zero-order valence-corrected chi connectivity index (χ0v) is 22.5. The maximum absolute atomic E-state index is 13.8. The molecule has 3 heterocycles. The number of anilines is 2. The molecule has 8 heteroatoms. The van der Waals surface area contributed by atoms with E-state index in [1.807, 2.05) is 37.3 Å². The van der Waals surface area contributed by atoms with E-state index in [9.17, 15) is 13.2 Å². The first-order valence-corrected chi connectivity index (χ1v) is 14.3. The molecule has 6 rings (SSSR count). The third-order valence-electron chi connectivity index (χ3n) is 8.69. The maximum Gasteiger partial charge on any atom is 0.416 e. The summed E-state index contributed by atoms with van der Waals surface area (Å²) in [6.45, 7) is 6.34. The molecule has 0 radical (unpaired) electrons. The lowest BCUT2D eigenvalue weighted by Crippen LogP contribution is -2.48. The van der Waals surface area contributed by atoms with E-state index in [2.05, 4.69) is 20.1 Å². The summed E-state index contributed by atoms with van der Waals surface area (Å²) in [5.41, 5.74) is 1.91. The summed E-state index contributed by atoms with van der Waals surface area (Å²) >= 11 is 0. The Bertz CT molecular complexity index is 1310. The van der Waals surface area contributed by atoms with E-state index in [1.165, 1.54) is 45.1 Å². The van der Waals surface area contributed by atoms with Crippen molar-refractivity contribution in [1.29, 1.82) is 0 Å². The third kappa shape index (κ3) is 6.02. The van der Waals surface area contributed by atoms with Gasteiger partial charge >= 0.3 is 6.18 Å². The number of likely N-dealkylation sites (tertiary alicyclic amines) is 2. The van der Waals surface area contributed by atoms with E-state index in [0.29, 0.717) is 30.1 Å². The lowest BCUT2D eigenvalue weighted by atomic mass is 9.89. The standard InChI is InChI=1S/C31H37F3N4O/c1-21-13-30(28-9-5-6-10-29(28)35-21)36-24-14-23(31(32,33)34)15-27(16-24)39-12-11-37-19-26-17-25(37)20-38(26)18-22-7-3-2-4-8-22/h5-6,9-10,13-16,22,25-26H,2-4,7-8,11-12,17-20H2,1H3,(H,35,36)/t25-,26-/m0/s1. The lowest BCUT2D eigenvalue weighted by Gasteiger charge is -2.36. The third-order valence-corrected chi connectivity index (χ3v) is 8.69. The van der Waals surface area contributed by atoms with Crippen molar-refractivity contribution in [3.63, 3.8) is 0 Å². The average Bonchev–Trinajstić information content (AvgIpc) is 3.49. The molecule has 2 aliphatic heterocycles. The number of alkyl halides is 3. The molecule has 1 aromatic heterocycles. The van der Waals surface area contributed by atoms with Gasteiger partial charge in [0.2, 0.25) is 0 Å². The molecule has 2 atom stereocenters. The number of nitrogens with zero attached hydrogens (tertiary/aromatic N) is 3. The molecular weight excluding hydrogens is 501 g/mol. The molecule has 5 nitrogen and oxygen atoms in total. The second kappa shape index (κ2) is 11.0. The monoisotopic (exact) mass is 538 g/mol. The zero-order valence-electron chi connectivity index (χ0n) is 22.5. The van der Waals surface area contributed by atoms with Crippen molar-refractivity contribution >= 4 is 22.3 Å². The second-order valence-corrected chi connectivity index (χ2v) is 11.5. The van der Waals surface area contributed by atoms with E-state index in [0.717, 1.165) is 54.3 Å². The number of fused-ring (bicyclic) bond motifs is 3. The van der Waals surface area contributed by atoms with E-state index in [4.69, 9.17) is 4.74 Å². The number of benzene rings is 2. The molecule has 3 aliphatic rings. The van der Waals surface area contributed by atoms with Crippen molar-refractivity contribution < 1.29 is 17.9 Å². The van der Waals surface area contributed by atoms with E-state index < -0.39 is 11.7 Å². The van der Waals surface area contributed by atoms with Crippen LogP contribution >= 0.6 is 0 Å². The van der Waals surface area contributed by atoms with Gasteiger partial charge in [0.1, 0.15) is 12.4 Å². The summed E-state index contributed by atoms with van der Waals surface area (Å²) in [4.78, 5) is 9.67. The van der Waals surface area contributed by atoms with E-state index >= 15 is 0 Å². The minimum absolute atomic E-state index is 0.227. The summed E-state index contributed by atoms with van der Waals surface area (Å²) in [7, 11) is 0. The van der Waals surface area contributed by atoms with E-state index in [-0.39, 0.29) is 5.75 Å². The van der Waals surface area contributed by atoms with Gasteiger partial charge in [0.25, 0.3) is 0 Å². The van der Waals surface area contributed by atoms with Crippen LogP contribution in [-0.4, -0.2) is 59.7 Å². The molecular formula is C31H37F3N4O. The predicted octanol–water partition coefficient (Wildman–Crippen LogP) is 7.02. The van der Waals surface area contributed by atoms with Gasteiger partial charge in [-0.25, -0.2) is 0 Å². The number of halogens is 3. The lowest BCUT2D eigenvalue weighted by molar-refractivity contribution is -0.137. The van der Waals surface area contributed by atoms with Gasteiger partial charge in [-0.3, -0.25) is 14.8 Å². The molecule has 39 heavy (non-hydrogen) atoms. The topological polar surface area (TPSA) is 40.6 Å². The van der Waals surface area contributed by atoms with Crippen LogP contribution in [-0.2, 0) is 6.18 Å². The Morgan fingerprint density at radius 3 is 2.51 bits per heavy atom. The molecule has 208 valence electrons. The maximum atomic E-state index is 13.8. The molecule has 2 bridgehead atoms. The SMILES string of the molecule is Cc1cc(Nc2cc(OCCN3C[C@@H]4C[C@H]3CN4CC3CCCCC3)cc(C(F)(F)F)c2)c2ccccc2n1. The average molecular weight is 539 g/mol. The van der Waals surface area contributed by atoms with Crippen LogP contribution in [0.5, 0.6) is 5.75 Å². The predicted molar refractivity (Wildman–Crippen MR) is 149 cm³/mol. The number of pyridine rings is 1. The summed E-state index contributed by atoms with van der Waals surface area (Å²) in [6.07, 6.45) is 3.61. The number of rotatable bonds is 8. The van der Waals surface area contributed by atoms with Crippen LogP contribution in [0.2, 0.25) is 0 Å². The van der Waals surface area contributed by atoms with Gasteiger partial charge in [-0.1, -0.05) is 37.5 Å². The quantitative estimate of drug-likeness (QED) is 0.334. The Morgan fingerprint density at radius 2 is 1.74 bits per heavy atom.